The Hall–Kier alpha value is -2.63. The lowest BCUT2D eigenvalue weighted by molar-refractivity contribution is -0.132. The molecule has 1 unspecified atom stereocenters. The van der Waals surface area contributed by atoms with E-state index in [-0.39, 0.29) is 17.7 Å². The van der Waals surface area contributed by atoms with Gasteiger partial charge in [0.2, 0.25) is 5.91 Å². The van der Waals surface area contributed by atoms with E-state index in [1.54, 1.807) is 6.92 Å². The Bertz CT molecular complexity index is 777. The number of nitrogens with zero attached hydrogens (tertiary/aromatic N) is 2. The minimum Gasteiger partial charge on any atom is -0.360 e. The van der Waals surface area contributed by atoms with Gasteiger partial charge in [0.25, 0.3) is 5.91 Å². The molecule has 138 valence electrons. The summed E-state index contributed by atoms with van der Waals surface area (Å²) in [4.78, 5) is 27.8. The van der Waals surface area contributed by atoms with Crippen molar-refractivity contribution in [1.29, 1.82) is 0 Å². The van der Waals surface area contributed by atoms with Crippen molar-refractivity contribution in [2.75, 3.05) is 13.1 Å². The maximum atomic E-state index is 13.0. The van der Waals surface area contributed by atoms with Gasteiger partial charge in [-0.2, -0.15) is 0 Å². The van der Waals surface area contributed by atoms with E-state index in [2.05, 4.69) is 10.5 Å². The smallest absolute Gasteiger partial charge is 0.257 e. The summed E-state index contributed by atoms with van der Waals surface area (Å²) < 4.78 is 5.32. The van der Waals surface area contributed by atoms with E-state index in [1.165, 1.54) is 0 Å². The largest absolute Gasteiger partial charge is 0.360 e. The van der Waals surface area contributed by atoms with Crippen LogP contribution in [0.2, 0.25) is 0 Å². The van der Waals surface area contributed by atoms with Gasteiger partial charge in [0.05, 0.1) is 5.69 Å². The number of carbonyl (C=O) groups is 2. The molecular weight excluding hydrogens is 330 g/mol. The summed E-state index contributed by atoms with van der Waals surface area (Å²) in [7, 11) is 0. The van der Waals surface area contributed by atoms with Crippen molar-refractivity contribution >= 4 is 11.8 Å². The van der Waals surface area contributed by atoms with Crippen molar-refractivity contribution in [2.45, 2.75) is 45.6 Å². The molecule has 2 heterocycles. The quantitative estimate of drug-likeness (QED) is 0.894. The van der Waals surface area contributed by atoms with Crippen LogP contribution in [0, 0.1) is 6.92 Å². The van der Waals surface area contributed by atoms with Gasteiger partial charge in [0, 0.05) is 19.0 Å². The zero-order chi connectivity index (χ0) is 18.7. The lowest BCUT2D eigenvalue weighted by atomic mass is 10.0. The second-order valence-corrected chi connectivity index (χ2v) is 7.01. The number of carbonyl (C=O) groups excluding carboxylic acids is 2. The van der Waals surface area contributed by atoms with Gasteiger partial charge in [-0.3, -0.25) is 9.59 Å². The van der Waals surface area contributed by atoms with Crippen LogP contribution >= 0.6 is 0 Å². The van der Waals surface area contributed by atoms with Crippen molar-refractivity contribution in [3.63, 3.8) is 0 Å². The van der Waals surface area contributed by atoms with Gasteiger partial charge in [0.15, 0.2) is 5.76 Å². The molecule has 0 radical (unpaired) electrons. The second kappa shape index (κ2) is 7.72. The molecule has 1 atom stereocenters. The summed E-state index contributed by atoms with van der Waals surface area (Å²) in [5.74, 6) is 0.179. The number of benzene rings is 1. The molecular formula is C20H25N3O3. The minimum atomic E-state index is -0.712. The maximum Gasteiger partial charge on any atom is 0.257 e. The predicted octanol–water partition coefficient (Wildman–Crippen LogP) is 3.20. The van der Waals surface area contributed by atoms with E-state index in [0.717, 1.165) is 31.5 Å². The van der Waals surface area contributed by atoms with Crippen LogP contribution in [-0.2, 0) is 4.79 Å². The molecule has 26 heavy (non-hydrogen) atoms. The lowest BCUT2D eigenvalue weighted by Gasteiger charge is -2.24. The summed E-state index contributed by atoms with van der Waals surface area (Å²) >= 11 is 0. The molecule has 1 aromatic heterocycles. The number of nitrogens with one attached hydrogen (secondary N) is 1. The monoisotopic (exact) mass is 355 g/mol. The van der Waals surface area contributed by atoms with Gasteiger partial charge in [-0.25, -0.2) is 0 Å². The molecule has 6 nitrogen and oxygen atoms in total. The number of likely N-dealkylation sites (tertiary alicyclic amines) is 1. The number of rotatable bonds is 5. The number of aryl methyl sites for hydroxylation is 1. The van der Waals surface area contributed by atoms with E-state index >= 15 is 0 Å². The topological polar surface area (TPSA) is 75.4 Å². The van der Waals surface area contributed by atoms with E-state index < -0.39 is 6.04 Å². The molecule has 2 aromatic rings. The first kappa shape index (κ1) is 18.2. The number of aromatic nitrogens is 1. The Kier molecular flexibility index (Phi) is 5.40. The van der Waals surface area contributed by atoms with E-state index in [4.69, 9.17) is 4.52 Å². The van der Waals surface area contributed by atoms with Crippen molar-refractivity contribution in [3.05, 3.63) is 52.9 Å². The first-order valence-electron chi connectivity index (χ1n) is 9.09. The highest BCUT2D eigenvalue weighted by Crippen LogP contribution is 2.24. The highest BCUT2D eigenvalue weighted by atomic mass is 16.5. The highest BCUT2D eigenvalue weighted by Gasteiger charge is 2.31. The average molecular weight is 355 g/mol. The van der Waals surface area contributed by atoms with E-state index in [1.807, 2.05) is 49.1 Å². The highest BCUT2D eigenvalue weighted by molar-refractivity contribution is 5.99. The molecule has 3 rings (SSSR count). The summed E-state index contributed by atoms with van der Waals surface area (Å²) in [5, 5.41) is 6.85. The fourth-order valence-electron chi connectivity index (χ4n) is 3.31. The van der Waals surface area contributed by atoms with Crippen LogP contribution in [0.25, 0.3) is 0 Å². The van der Waals surface area contributed by atoms with Gasteiger partial charge < -0.3 is 14.7 Å². The Balaban J connectivity index is 1.89. The molecule has 1 aliphatic rings. The number of amides is 2. The Morgan fingerprint density at radius 3 is 2.42 bits per heavy atom. The van der Waals surface area contributed by atoms with Crippen LogP contribution < -0.4 is 5.32 Å². The molecule has 0 saturated carbocycles. The van der Waals surface area contributed by atoms with Gasteiger partial charge in [-0.05, 0) is 25.3 Å². The van der Waals surface area contributed by atoms with Crippen molar-refractivity contribution in [2.24, 2.45) is 0 Å². The Morgan fingerprint density at radius 1 is 1.15 bits per heavy atom. The lowest BCUT2D eigenvalue weighted by Crippen LogP contribution is -2.42. The van der Waals surface area contributed by atoms with Crippen LogP contribution in [0.3, 0.4) is 0 Å². The first-order chi connectivity index (χ1) is 12.5. The molecule has 6 heteroatoms. The minimum absolute atomic E-state index is 0.0291. The molecule has 0 spiro atoms. The standard InChI is InChI=1S/C20H25N3O3/c1-13(2)18-16(14(3)22-26-18)19(24)21-17(15-9-5-4-6-10-15)20(25)23-11-7-8-12-23/h4-6,9-10,13,17H,7-8,11-12H2,1-3H3,(H,21,24). The zero-order valence-electron chi connectivity index (χ0n) is 15.5. The molecule has 1 aromatic carbocycles. The Morgan fingerprint density at radius 2 is 1.81 bits per heavy atom. The molecule has 0 bridgehead atoms. The fourth-order valence-corrected chi connectivity index (χ4v) is 3.31. The summed E-state index contributed by atoms with van der Waals surface area (Å²) in [6.45, 7) is 7.11. The Labute approximate surface area is 153 Å². The summed E-state index contributed by atoms with van der Waals surface area (Å²) in [6, 6.07) is 8.65. The maximum absolute atomic E-state index is 13.0. The van der Waals surface area contributed by atoms with Gasteiger partial charge in [0.1, 0.15) is 11.6 Å². The molecule has 2 amide bonds. The van der Waals surface area contributed by atoms with Crippen LogP contribution in [-0.4, -0.2) is 35.0 Å². The van der Waals surface area contributed by atoms with Gasteiger partial charge in [-0.15, -0.1) is 0 Å². The third-order valence-electron chi connectivity index (χ3n) is 4.71. The summed E-state index contributed by atoms with van der Waals surface area (Å²) in [5.41, 5.74) is 1.74. The third-order valence-corrected chi connectivity index (χ3v) is 4.71. The number of hydrogen-bond acceptors (Lipinski definition) is 4. The molecule has 1 fully saturated rings. The van der Waals surface area contributed by atoms with Gasteiger partial charge >= 0.3 is 0 Å². The van der Waals surface area contributed by atoms with Crippen molar-refractivity contribution in [3.8, 4) is 0 Å². The van der Waals surface area contributed by atoms with E-state index in [9.17, 15) is 9.59 Å². The molecule has 1 aliphatic heterocycles. The normalized spacial score (nSPS) is 15.3. The fraction of sp³-hybridized carbons (Fsp3) is 0.450. The SMILES string of the molecule is Cc1noc(C(C)C)c1C(=O)NC(C(=O)N1CCCC1)c1ccccc1. The predicted molar refractivity (Wildman–Crippen MR) is 97.8 cm³/mol. The zero-order valence-corrected chi connectivity index (χ0v) is 15.5. The van der Waals surface area contributed by atoms with Crippen LogP contribution in [0.15, 0.2) is 34.9 Å². The van der Waals surface area contributed by atoms with Crippen LogP contribution in [0.4, 0.5) is 0 Å². The second-order valence-electron chi connectivity index (χ2n) is 7.01. The third kappa shape index (κ3) is 3.64. The van der Waals surface area contributed by atoms with Crippen molar-refractivity contribution < 1.29 is 14.1 Å². The first-order valence-corrected chi connectivity index (χ1v) is 9.09. The molecule has 1 N–H and O–H groups in total. The average Bonchev–Trinajstić information content (AvgIpc) is 3.29. The van der Waals surface area contributed by atoms with Crippen LogP contribution in [0.5, 0.6) is 0 Å². The molecule has 0 aliphatic carbocycles. The van der Waals surface area contributed by atoms with E-state index in [0.29, 0.717) is 17.0 Å². The van der Waals surface area contributed by atoms with Crippen LogP contribution in [0.1, 0.15) is 66.0 Å². The summed E-state index contributed by atoms with van der Waals surface area (Å²) in [6.07, 6.45) is 2.01. The van der Waals surface area contributed by atoms with Gasteiger partial charge in [-0.1, -0.05) is 49.3 Å². The number of hydrogen-bond donors (Lipinski definition) is 1. The van der Waals surface area contributed by atoms with Crippen molar-refractivity contribution in [1.82, 2.24) is 15.4 Å². The molecule has 1 saturated heterocycles.